The van der Waals surface area contributed by atoms with Gasteiger partial charge in [0.2, 0.25) is 5.91 Å². The molecule has 4 N–H and O–H groups in total. The lowest BCUT2D eigenvalue weighted by molar-refractivity contribution is -0.122. The summed E-state index contributed by atoms with van der Waals surface area (Å²) in [6.45, 7) is 2.72. The van der Waals surface area contributed by atoms with E-state index < -0.39 is 17.9 Å². The van der Waals surface area contributed by atoms with Crippen molar-refractivity contribution < 1.29 is 23.9 Å². The van der Waals surface area contributed by atoms with Crippen molar-refractivity contribution in [2.45, 2.75) is 57.5 Å². The number of ether oxygens (including phenoxy) is 2. The van der Waals surface area contributed by atoms with Gasteiger partial charge < -0.3 is 25.8 Å². The van der Waals surface area contributed by atoms with Gasteiger partial charge in [-0.2, -0.15) is 4.37 Å². The van der Waals surface area contributed by atoms with Crippen molar-refractivity contribution in [3.8, 4) is 11.5 Å². The summed E-state index contributed by atoms with van der Waals surface area (Å²) in [5, 5.41) is 6.07. The second-order valence-corrected chi connectivity index (χ2v) is 12.2. The van der Waals surface area contributed by atoms with Gasteiger partial charge in [0, 0.05) is 18.3 Å². The zero-order valence-electron chi connectivity index (χ0n) is 26.7. The van der Waals surface area contributed by atoms with Gasteiger partial charge in [-0.15, -0.1) is 0 Å². The van der Waals surface area contributed by atoms with E-state index in [0.717, 1.165) is 49.2 Å². The highest BCUT2D eigenvalue weighted by Gasteiger charge is 2.36. The number of amides is 3. The normalized spacial score (nSPS) is 13.7. The Labute approximate surface area is 279 Å². The number of carbonyl (C=O) groups is 3. The summed E-state index contributed by atoms with van der Waals surface area (Å²) < 4.78 is 15.3. The first-order valence-corrected chi connectivity index (χ1v) is 16.7. The van der Waals surface area contributed by atoms with Crippen LogP contribution in [0.15, 0.2) is 78.9 Å². The highest BCUT2D eigenvalue weighted by atomic mass is 32.1. The Hall–Kier alpha value is -4.90. The van der Waals surface area contributed by atoms with Crippen LogP contribution in [0.2, 0.25) is 0 Å². The SMILES string of the molecule is CCOc1ccc(N(C(=O)c2snc(C(=O)NC3CCCCC3)c2N)[C@H](C(=O)NCCc2ccccc2)c2ccc(OC)cc2)cc1. The minimum Gasteiger partial charge on any atom is -0.497 e. The molecule has 4 aromatic rings. The fraction of sp³-hybridized carbons (Fsp3) is 0.333. The molecule has 0 unspecified atom stereocenters. The summed E-state index contributed by atoms with van der Waals surface area (Å²) in [5.74, 6) is -0.110. The molecule has 11 heteroatoms. The van der Waals surface area contributed by atoms with E-state index in [4.69, 9.17) is 15.2 Å². The van der Waals surface area contributed by atoms with E-state index in [-0.39, 0.29) is 28.2 Å². The molecule has 47 heavy (non-hydrogen) atoms. The number of nitrogens with one attached hydrogen (secondary N) is 2. The van der Waals surface area contributed by atoms with Crippen LogP contribution in [0.4, 0.5) is 11.4 Å². The maximum Gasteiger partial charge on any atom is 0.273 e. The second kappa shape index (κ2) is 16.1. The van der Waals surface area contributed by atoms with Gasteiger partial charge in [-0.3, -0.25) is 19.3 Å². The van der Waals surface area contributed by atoms with Crippen molar-refractivity contribution in [1.29, 1.82) is 0 Å². The van der Waals surface area contributed by atoms with Gasteiger partial charge in [0.25, 0.3) is 11.8 Å². The molecule has 246 valence electrons. The van der Waals surface area contributed by atoms with Crippen molar-refractivity contribution in [3.05, 3.63) is 101 Å². The van der Waals surface area contributed by atoms with Crippen LogP contribution < -0.4 is 30.7 Å². The average molecular weight is 656 g/mol. The molecule has 0 bridgehead atoms. The second-order valence-electron chi connectivity index (χ2n) is 11.4. The molecule has 3 amide bonds. The van der Waals surface area contributed by atoms with Gasteiger partial charge in [-0.25, -0.2) is 0 Å². The van der Waals surface area contributed by atoms with Crippen molar-refractivity contribution in [3.63, 3.8) is 0 Å². The molecule has 3 aromatic carbocycles. The number of anilines is 2. The third kappa shape index (κ3) is 8.28. The number of hydrogen-bond donors (Lipinski definition) is 3. The highest BCUT2D eigenvalue weighted by Crippen LogP contribution is 2.35. The van der Waals surface area contributed by atoms with Gasteiger partial charge in [0.15, 0.2) is 5.69 Å². The minimum atomic E-state index is -1.09. The summed E-state index contributed by atoms with van der Waals surface area (Å²) in [5.41, 5.74) is 8.57. The number of aromatic nitrogens is 1. The van der Waals surface area contributed by atoms with Crippen molar-refractivity contribution in [2.75, 3.05) is 30.9 Å². The lowest BCUT2D eigenvalue weighted by atomic mass is 9.95. The van der Waals surface area contributed by atoms with E-state index in [1.807, 2.05) is 37.3 Å². The van der Waals surface area contributed by atoms with E-state index >= 15 is 0 Å². The smallest absolute Gasteiger partial charge is 0.273 e. The predicted molar refractivity (Wildman–Crippen MR) is 184 cm³/mol. The molecule has 1 aliphatic carbocycles. The van der Waals surface area contributed by atoms with E-state index in [0.29, 0.717) is 42.3 Å². The average Bonchev–Trinajstić information content (AvgIpc) is 3.49. The van der Waals surface area contributed by atoms with Crippen LogP contribution in [0.5, 0.6) is 11.5 Å². The lowest BCUT2D eigenvalue weighted by Gasteiger charge is -2.31. The molecule has 0 spiro atoms. The molecule has 0 aliphatic heterocycles. The zero-order chi connectivity index (χ0) is 33.2. The number of nitrogens with zero attached hydrogens (tertiary/aromatic N) is 2. The number of methoxy groups -OCH3 is 1. The predicted octanol–water partition coefficient (Wildman–Crippen LogP) is 5.94. The molecule has 1 heterocycles. The van der Waals surface area contributed by atoms with Crippen LogP contribution in [-0.2, 0) is 11.2 Å². The summed E-state index contributed by atoms with van der Waals surface area (Å²) >= 11 is 0.851. The summed E-state index contributed by atoms with van der Waals surface area (Å²) in [4.78, 5) is 43.4. The third-order valence-electron chi connectivity index (χ3n) is 8.22. The fourth-order valence-corrected chi connectivity index (χ4v) is 6.49. The molecule has 0 saturated heterocycles. The first kappa shape index (κ1) is 33.5. The summed E-state index contributed by atoms with van der Waals surface area (Å²) in [7, 11) is 1.56. The van der Waals surface area contributed by atoms with E-state index in [9.17, 15) is 14.4 Å². The lowest BCUT2D eigenvalue weighted by Crippen LogP contribution is -2.44. The van der Waals surface area contributed by atoms with Crippen molar-refractivity contribution in [2.24, 2.45) is 0 Å². The van der Waals surface area contributed by atoms with Crippen LogP contribution in [0.1, 0.15) is 76.4 Å². The topological polar surface area (TPSA) is 136 Å². The van der Waals surface area contributed by atoms with E-state index in [2.05, 4.69) is 15.0 Å². The Morgan fingerprint density at radius 1 is 0.957 bits per heavy atom. The van der Waals surface area contributed by atoms with Gasteiger partial charge >= 0.3 is 0 Å². The molecule has 1 saturated carbocycles. The fourth-order valence-electron chi connectivity index (χ4n) is 5.75. The number of benzene rings is 3. The van der Waals surface area contributed by atoms with Gasteiger partial charge in [-0.1, -0.05) is 61.7 Å². The maximum absolute atomic E-state index is 14.6. The molecular weight excluding hydrogens is 614 g/mol. The van der Waals surface area contributed by atoms with Crippen LogP contribution in [0.3, 0.4) is 0 Å². The monoisotopic (exact) mass is 655 g/mol. The standard InChI is InChI=1S/C36H41N5O5S/c1-3-46-29-20-16-27(17-21-29)41(36(44)33-30(37)31(40-47-33)34(42)39-26-12-8-5-9-13-26)32(25-14-18-28(45-2)19-15-25)35(43)38-23-22-24-10-6-4-7-11-24/h4,6-7,10-11,14-21,26,32H,3,5,8-9,12-13,22-23,37H2,1-2H3,(H,38,43)(H,39,42)/t32-/m0/s1. The number of nitrogen functional groups attached to an aromatic ring is 1. The molecule has 1 aromatic heterocycles. The molecule has 10 nitrogen and oxygen atoms in total. The van der Waals surface area contributed by atoms with Crippen LogP contribution >= 0.6 is 11.5 Å². The van der Waals surface area contributed by atoms with E-state index in [1.54, 1.807) is 55.6 Å². The molecule has 5 rings (SSSR count). The highest BCUT2D eigenvalue weighted by molar-refractivity contribution is 7.09. The molecule has 0 radical (unpaired) electrons. The number of rotatable bonds is 13. The summed E-state index contributed by atoms with van der Waals surface area (Å²) in [6.07, 6.45) is 5.67. The molecule has 1 atom stereocenters. The Morgan fingerprint density at radius 2 is 1.64 bits per heavy atom. The summed E-state index contributed by atoms with van der Waals surface area (Å²) in [6, 6.07) is 22.8. The quantitative estimate of drug-likeness (QED) is 0.162. The first-order valence-electron chi connectivity index (χ1n) is 16.0. The van der Waals surface area contributed by atoms with Crippen molar-refractivity contribution in [1.82, 2.24) is 15.0 Å². The van der Waals surface area contributed by atoms with Crippen LogP contribution in [0, 0.1) is 0 Å². The Morgan fingerprint density at radius 3 is 2.30 bits per heavy atom. The van der Waals surface area contributed by atoms with Crippen molar-refractivity contribution >= 4 is 40.6 Å². The molecular formula is C36H41N5O5S. The molecule has 1 fully saturated rings. The van der Waals surface area contributed by atoms with E-state index in [1.165, 1.54) is 4.90 Å². The Bertz CT molecular complexity index is 1640. The van der Waals surface area contributed by atoms with Crippen LogP contribution in [0.25, 0.3) is 0 Å². The van der Waals surface area contributed by atoms with Gasteiger partial charge in [-0.05, 0) is 85.2 Å². The largest absolute Gasteiger partial charge is 0.497 e. The maximum atomic E-state index is 14.6. The number of carbonyl (C=O) groups excluding carboxylic acids is 3. The Balaban J connectivity index is 1.51. The van der Waals surface area contributed by atoms with Gasteiger partial charge in [0.05, 0.1) is 19.4 Å². The van der Waals surface area contributed by atoms with Crippen LogP contribution in [-0.4, -0.2) is 48.4 Å². The molecule has 1 aliphatic rings. The number of nitrogens with two attached hydrogens (primary N) is 1. The third-order valence-corrected chi connectivity index (χ3v) is 9.07. The number of hydrogen-bond acceptors (Lipinski definition) is 8. The Kier molecular flexibility index (Phi) is 11.5. The zero-order valence-corrected chi connectivity index (χ0v) is 27.6. The first-order chi connectivity index (χ1) is 22.9. The minimum absolute atomic E-state index is 0.0118. The van der Waals surface area contributed by atoms with Gasteiger partial charge in [0.1, 0.15) is 22.4 Å².